The molecule has 2 atom stereocenters. The van der Waals surface area contributed by atoms with Gasteiger partial charge in [0.05, 0.1) is 5.69 Å². The fourth-order valence-corrected chi connectivity index (χ4v) is 4.29. The molecule has 28 heavy (non-hydrogen) atoms. The minimum Gasteiger partial charge on any atom is -0.480 e. The van der Waals surface area contributed by atoms with Gasteiger partial charge in [-0.15, -0.1) is 0 Å². The molecular formula is C22H29N3O3. The Hall–Kier alpha value is -2.63. The number of aromatic nitrogens is 2. The Labute approximate surface area is 166 Å². The molecule has 3 rings (SSSR count). The van der Waals surface area contributed by atoms with Crippen LogP contribution in [0.4, 0.5) is 0 Å². The average molecular weight is 383 g/mol. The number of rotatable bonds is 7. The first-order chi connectivity index (χ1) is 13.4. The maximum atomic E-state index is 12.4. The molecule has 1 aliphatic rings. The molecule has 1 amide bonds. The SMILES string of the molecule is Cc1nn(C)c(C)c1CCC(=O)NC(CC1CCCc2ccccc21)C(=O)O. The summed E-state index contributed by atoms with van der Waals surface area (Å²) in [4.78, 5) is 24.2. The molecule has 2 aromatic rings. The summed E-state index contributed by atoms with van der Waals surface area (Å²) in [5.74, 6) is -1.02. The number of nitrogens with one attached hydrogen (secondary N) is 1. The van der Waals surface area contributed by atoms with Crippen LogP contribution in [-0.2, 0) is 29.5 Å². The van der Waals surface area contributed by atoms with Gasteiger partial charge >= 0.3 is 5.97 Å². The van der Waals surface area contributed by atoms with Crippen molar-refractivity contribution >= 4 is 11.9 Å². The van der Waals surface area contributed by atoms with Gasteiger partial charge in [-0.25, -0.2) is 4.79 Å². The minimum atomic E-state index is -0.967. The molecular weight excluding hydrogens is 354 g/mol. The van der Waals surface area contributed by atoms with Crippen LogP contribution in [0.15, 0.2) is 24.3 Å². The number of amides is 1. The van der Waals surface area contributed by atoms with Crippen molar-refractivity contribution in [2.24, 2.45) is 7.05 Å². The highest BCUT2D eigenvalue weighted by Gasteiger charge is 2.28. The van der Waals surface area contributed by atoms with Crippen molar-refractivity contribution in [2.45, 2.75) is 64.3 Å². The second-order valence-electron chi connectivity index (χ2n) is 7.75. The molecule has 2 unspecified atom stereocenters. The lowest BCUT2D eigenvalue weighted by atomic mass is 9.79. The molecule has 0 radical (unpaired) electrons. The van der Waals surface area contributed by atoms with E-state index in [0.29, 0.717) is 12.8 Å². The Bertz CT molecular complexity index is 872. The molecule has 0 bridgehead atoms. The van der Waals surface area contributed by atoms with Crippen LogP contribution in [0.25, 0.3) is 0 Å². The molecule has 0 saturated heterocycles. The van der Waals surface area contributed by atoms with Gasteiger partial charge in [0.25, 0.3) is 0 Å². The number of benzene rings is 1. The Morgan fingerprint density at radius 1 is 1.32 bits per heavy atom. The smallest absolute Gasteiger partial charge is 0.326 e. The maximum Gasteiger partial charge on any atom is 0.326 e. The van der Waals surface area contributed by atoms with Gasteiger partial charge in [0.1, 0.15) is 6.04 Å². The number of carboxylic acids is 1. The van der Waals surface area contributed by atoms with Gasteiger partial charge in [-0.1, -0.05) is 24.3 Å². The number of aliphatic carboxylic acids is 1. The monoisotopic (exact) mass is 383 g/mol. The standard InChI is InChI=1S/C22H29N3O3/c1-14-18(15(2)25(3)24-14)11-12-21(26)23-20(22(27)28)13-17-9-6-8-16-7-4-5-10-19(16)17/h4-5,7,10,17,20H,6,8-9,11-13H2,1-3H3,(H,23,26)(H,27,28). The van der Waals surface area contributed by atoms with Crippen LogP contribution in [0.2, 0.25) is 0 Å². The molecule has 0 saturated carbocycles. The molecule has 1 aliphatic carbocycles. The van der Waals surface area contributed by atoms with Crippen molar-refractivity contribution in [3.63, 3.8) is 0 Å². The minimum absolute atomic E-state index is 0.175. The van der Waals surface area contributed by atoms with Crippen molar-refractivity contribution in [2.75, 3.05) is 0 Å². The third-order valence-corrected chi connectivity index (χ3v) is 5.91. The van der Waals surface area contributed by atoms with E-state index in [1.54, 1.807) is 0 Å². The molecule has 6 nitrogen and oxygen atoms in total. The summed E-state index contributed by atoms with van der Waals surface area (Å²) in [6.07, 6.45) is 4.32. The molecule has 1 heterocycles. The number of fused-ring (bicyclic) bond motifs is 1. The molecule has 0 spiro atoms. The summed E-state index contributed by atoms with van der Waals surface area (Å²) in [5, 5.41) is 16.8. The van der Waals surface area contributed by atoms with Crippen LogP contribution in [-0.4, -0.2) is 32.8 Å². The van der Waals surface area contributed by atoms with Gasteiger partial charge in [0, 0.05) is 19.2 Å². The molecule has 1 aromatic heterocycles. The largest absolute Gasteiger partial charge is 0.480 e. The lowest BCUT2D eigenvalue weighted by molar-refractivity contribution is -0.142. The van der Waals surface area contributed by atoms with E-state index in [9.17, 15) is 14.7 Å². The van der Waals surface area contributed by atoms with E-state index in [4.69, 9.17) is 0 Å². The number of hydrogen-bond donors (Lipinski definition) is 2. The van der Waals surface area contributed by atoms with E-state index >= 15 is 0 Å². The Kier molecular flexibility index (Phi) is 6.17. The van der Waals surface area contributed by atoms with Crippen molar-refractivity contribution < 1.29 is 14.7 Å². The zero-order valence-electron chi connectivity index (χ0n) is 16.9. The number of carbonyl (C=O) groups is 2. The normalized spacial score (nSPS) is 17.0. The van der Waals surface area contributed by atoms with Crippen molar-refractivity contribution in [3.05, 3.63) is 52.3 Å². The first kappa shape index (κ1) is 20.1. The fourth-order valence-electron chi connectivity index (χ4n) is 4.29. The third-order valence-electron chi connectivity index (χ3n) is 5.91. The molecule has 1 aromatic carbocycles. The van der Waals surface area contributed by atoms with Crippen molar-refractivity contribution in [1.82, 2.24) is 15.1 Å². The summed E-state index contributed by atoms with van der Waals surface area (Å²) >= 11 is 0. The second-order valence-corrected chi connectivity index (χ2v) is 7.75. The predicted octanol–water partition coefficient (Wildman–Crippen LogP) is 3.05. The van der Waals surface area contributed by atoms with Gasteiger partial charge in [-0.05, 0) is 68.6 Å². The van der Waals surface area contributed by atoms with Gasteiger partial charge in [-0.3, -0.25) is 9.48 Å². The molecule has 2 N–H and O–H groups in total. The third kappa shape index (κ3) is 4.43. The van der Waals surface area contributed by atoms with E-state index in [1.165, 1.54) is 11.1 Å². The Morgan fingerprint density at radius 2 is 2.07 bits per heavy atom. The van der Waals surface area contributed by atoms with Crippen LogP contribution in [0.3, 0.4) is 0 Å². The van der Waals surface area contributed by atoms with E-state index in [0.717, 1.165) is 36.2 Å². The lowest BCUT2D eigenvalue weighted by Gasteiger charge is -2.28. The zero-order chi connectivity index (χ0) is 20.3. The number of hydrogen-bond acceptors (Lipinski definition) is 3. The molecule has 0 aliphatic heterocycles. The van der Waals surface area contributed by atoms with Crippen LogP contribution < -0.4 is 5.32 Å². The quantitative estimate of drug-likeness (QED) is 0.770. The number of nitrogens with zero attached hydrogens (tertiary/aromatic N) is 2. The van der Waals surface area contributed by atoms with Gasteiger partial charge in [0.2, 0.25) is 5.91 Å². The summed E-state index contributed by atoms with van der Waals surface area (Å²) < 4.78 is 1.81. The Balaban J connectivity index is 1.62. The molecule has 150 valence electrons. The number of carboxylic acid groups (broad SMARTS) is 1. The van der Waals surface area contributed by atoms with Crippen LogP contribution >= 0.6 is 0 Å². The zero-order valence-corrected chi connectivity index (χ0v) is 16.9. The van der Waals surface area contributed by atoms with Gasteiger partial charge < -0.3 is 10.4 Å². The summed E-state index contributed by atoms with van der Waals surface area (Å²) in [6.45, 7) is 3.91. The van der Waals surface area contributed by atoms with Crippen LogP contribution in [0.5, 0.6) is 0 Å². The van der Waals surface area contributed by atoms with E-state index in [-0.39, 0.29) is 18.2 Å². The average Bonchev–Trinajstić information content (AvgIpc) is 2.91. The molecule has 0 fully saturated rings. The predicted molar refractivity (Wildman–Crippen MR) is 107 cm³/mol. The maximum absolute atomic E-state index is 12.4. The number of carbonyl (C=O) groups excluding carboxylic acids is 1. The topological polar surface area (TPSA) is 84.2 Å². The number of aryl methyl sites for hydroxylation is 3. The van der Waals surface area contributed by atoms with Crippen molar-refractivity contribution in [1.29, 1.82) is 0 Å². The highest BCUT2D eigenvalue weighted by Crippen LogP contribution is 2.34. The van der Waals surface area contributed by atoms with E-state index in [1.807, 2.05) is 37.7 Å². The lowest BCUT2D eigenvalue weighted by Crippen LogP contribution is -2.42. The summed E-state index contributed by atoms with van der Waals surface area (Å²) in [5.41, 5.74) is 5.55. The second kappa shape index (κ2) is 8.59. The van der Waals surface area contributed by atoms with Crippen LogP contribution in [0.1, 0.15) is 59.7 Å². The highest BCUT2D eigenvalue weighted by atomic mass is 16.4. The van der Waals surface area contributed by atoms with Gasteiger partial charge in [-0.2, -0.15) is 5.10 Å². The summed E-state index contributed by atoms with van der Waals surface area (Å²) in [7, 11) is 1.88. The first-order valence-electron chi connectivity index (χ1n) is 9.96. The summed E-state index contributed by atoms with van der Waals surface area (Å²) in [6, 6.07) is 7.38. The first-order valence-corrected chi connectivity index (χ1v) is 9.96. The van der Waals surface area contributed by atoms with Crippen molar-refractivity contribution in [3.8, 4) is 0 Å². The van der Waals surface area contributed by atoms with E-state index in [2.05, 4.69) is 22.5 Å². The van der Waals surface area contributed by atoms with Gasteiger partial charge in [0.15, 0.2) is 0 Å². The highest BCUT2D eigenvalue weighted by molar-refractivity contribution is 5.83. The Morgan fingerprint density at radius 3 is 2.75 bits per heavy atom. The fraction of sp³-hybridized carbons (Fsp3) is 0.500. The van der Waals surface area contributed by atoms with Crippen LogP contribution in [0, 0.1) is 13.8 Å². The molecule has 6 heteroatoms. The van der Waals surface area contributed by atoms with E-state index < -0.39 is 12.0 Å².